The first-order valence-electron chi connectivity index (χ1n) is 5.98. The number of benzene rings is 1. The second-order valence-corrected chi connectivity index (χ2v) is 5.09. The first-order valence-corrected chi connectivity index (χ1v) is 5.98. The summed E-state index contributed by atoms with van der Waals surface area (Å²) in [6.07, 6.45) is 1.22. The van der Waals surface area contributed by atoms with Crippen LogP contribution in [-0.4, -0.2) is 20.2 Å². The molecule has 0 aliphatic carbocycles. The Labute approximate surface area is 114 Å². The molecule has 0 heterocycles. The zero-order valence-corrected chi connectivity index (χ0v) is 12.0. The molecule has 104 valence electrons. The van der Waals surface area contributed by atoms with Gasteiger partial charge in [-0.1, -0.05) is 32.9 Å². The van der Waals surface area contributed by atoms with Crippen molar-refractivity contribution >= 4 is 5.97 Å². The Bertz CT molecular complexity index is 469. The van der Waals surface area contributed by atoms with E-state index in [1.54, 1.807) is 6.07 Å². The van der Waals surface area contributed by atoms with E-state index in [9.17, 15) is 4.79 Å². The molecule has 0 bridgehead atoms. The van der Waals surface area contributed by atoms with Crippen LogP contribution in [0.15, 0.2) is 36.3 Å². The van der Waals surface area contributed by atoms with Crippen molar-refractivity contribution in [2.24, 2.45) is 0 Å². The highest BCUT2D eigenvalue weighted by Gasteiger charge is 2.16. The van der Waals surface area contributed by atoms with Gasteiger partial charge >= 0.3 is 5.97 Å². The maximum atomic E-state index is 11.5. The number of ether oxygens (including phenoxy) is 3. The van der Waals surface area contributed by atoms with Gasteiger partial charge in [0.05, 0.1) is 14.2 Å². The maximum absolute atomic E-state index is 11.5. The Morgan fingerprint density at radius 1 is 1.21 bits per heavy atom. The quantitative estimate of drug-likeness (QED) is 0.476. The van der Waals surface area contributed by atoms with Crippen molar-refractivity contribution in [2.75, 3.05) is 14.2 Å². The standard InChI is InChI=1S/C15H20O4/c1-15(2,3)11-7-6-8-12(9-11)19-13(10-17-4)14(16)18-5/h6-10H,1-5H3/b13-10-. The fourth-order valence-electron chi connectivity index (χ4n) is 1.47. The van der Waals surface area contributed by atoms with Gasteiger partial charge in [-0.05, 0) is 23.1 Å². The summed E-state index contributed by atoms with van der Waals surface area (Å²) < 4.78 is 14.9. The summed E-state index contributed by atoms with van der Waals surface area (Å²) >= 11 is 0. The minimum Gasteiger partial charge on any atom is -0.500 e. The lowest BCUT2D eigenvalue weighted by molar-refractivity contribution is -0.138. The Kier molecular flexibility index (Phi) is 4.98. The molecule has 0 N–H and O–H groups in total. The number of methoxy groups -OCH3 is 2. The summed E-state index contributed by atoms with van der Waals surface area (Å²) in [7, 11) is 2.73. The molecule has 1 rings (SSSR count). The van der Waals surface area contributed by atoms with Crippen molar-refractivity contribution in [3.05, 3.63) is 41.9 Å². The van der Waals surface area contributed by atoms with E-state index in [1.165, 1.54) is 20.5 Å². The van der Waals surface area contributed by atoms with Gasteiger partial charge in [0.25, 0.3) is 0 Å². The molecule has 1 aromatic rings. The van der Waals surface area contributed by atoms with E-state index in [0.29, 0.717) is 5.75 Å². The lowest BCUT2D eigenvalue weighted by atomic mass is 9.87. The monoisotopic (exact) mass is 264 g/mol. The first-order chi connectivity index (χ1) is 8.88. The number of esters is 1. The smallest absolute Gasteiger partial charge is 0.377 e. The highest BCUT2D eigenvalue weighted by atomic mass is 16.6. The van der Waals surface area contributed by atoms with Crippen LogP contribution in [0.3, 0.4) is 0 Å². The molecule has 0 saturated heterocycles. The Morgan fingerprint density at radius 2 is 1.89 bits per heavy atom. The molecule has 4 nitrogen and oxygen atoms in total. The number of carbonyl (C=O) groups is 1. The van der Waals surface area contributed by atoms with E-state index in [2.05, 4.69) is 25.5 Å². The van der Waals surface area contributed by atoms with Gasteiger partial charge in [0, 0.05) is 0 Å². The average Bonchev–Trinajstić information content (AvgIpc) is 2.36. The third-order valence-corrected chi connectivity index (χ3v) is 2.54. The molecule has 4 heteroatoms. The van der Waals surface area contributed by atoms with Gasteiger partial charge < -0.3 is 14.2 Å². The van der Waals surface area contributed by atoms with Crippen LogP contribution in [-0.2, 0) is 19.7 Å². The fraction of sp³-hybridized carbons (Fsp3) is 0.400. The van der Waals surface area contributed by atoms with Crippen molar-refractivity contribution in [3.8, 4) is 5.75 Å². The Hall–Kier alpha value is -1.97. The van der Waals surface area contributed by atoms with Crippen LogP contribution in [0.1, 0.15) is 26.3 Å². The molecule has 0 fully saturated rings. The summed E-state index contributed by atoms with van der Waals surface area (Å²) in [5.74, 6) is 0.000181. The SMILES string of the molecule is CO/C=C(\Oc1cccc(C(C)(C)C)c1)C(=O)OC. The second kappa shape index (κ2) is 6.27. The second-order valence-electron chi connectivity index (χ2n) is 5.09. The van der Waals surface area contributed by atoms with Gasteiger partial charge in [0.1, 0.15) is 12.0 Å². The van der Waals surface area contributed by atoms with E-state index in [1.807, 2.05) is 18.2 Å². The van der Waals surface area contributed by atoms with Crippen LogP contribution in [0.5, 0.6) is 5.75 Å². The first kappa shape index (κ1) is 15.1. The molecule has 0 aromatic heterocycles. The number of hydrogen-bond acceptors (Lipinski definition) is 4. The predicted octanol–water partition coefficient (Wildman–Crippen LogP) is 3.02. The summed E-state index contributed by atoms with van der Waals surface area (Å²) in [6, 6.07) is 7.58. The van der Waals surface area contributed by atoms with E-state index in [4.69, 9.17) is 9.47 Å². The van der Waals surface area contributed by atoms with Crippen molar-refractivity contribution in [1.29, 1.82) is 0 Å². The van der Waals surface area contributed by atoms with Gasteiger partial charge in [-0.3, -0.25) is 0 Å². The number of rotatable bonds is 4. The molecule has 0 saturated carbocycles. The van der Waals surface area contributed by atoms with Crippen LogP contribution in [0.2, 0.25) is 0 Å². The van der Waals surface area contributed by atoms with Gasteiger partial charge in [-0.15, -0.1) is 0 Å². The van der Waals surface area contributed by atoms with Crippen LogP contribution in [0.25, 0.3) is 0 Å². The lowest BCUT2D eigenvalue weighted by Gasteiger charge is -2.19. The number of carbonyl (C=O) groups excluding carboxylic acids is 1. The van der Waals surface area contributed by atoms with Crippen LogP contribution in [0.4, 0.5) is 0 Å². The average molecular weight is 264 g/mol. The molecule has 0 unspecified atom stereocenters. The zero-order valence-electron chi connectivity index (χ0n) is 12.0. The van der Waals surface area contributed by atoms with E-state index >= 15 is 0 Å². The molecule has 0 atom stereocenters. The van der Waals surface area contributed by atoms with E-state index in [-0.39, 0.29) is 11.2 Å². The van der Waals surface area contributed by atoms with Crippen molar-refractivity contribution in [1.82, 2.24) is 0 Å². The zero-order chi connectivity index (χ0) is 14.5. The minimum atomic E-state index is -0.581. The van der Waals surface area contributed by atoms with Gasteiger partial charge in [-0.25, -0.2) is 4.79 Å². The minimum absolute atomic E-state index is 0.00969. The highest BCUT2D eigenvalue weighted by Crippen LogP contribution is 2.26. The largest absolute Gasteiger partial charge is 0.500 e. The molecule has 0 amide bonds. The van der Waals surface area contributed by atoms with Crippen LogP contribution >= 0.6 is 0 Å². The molecular formula is C15H20O4. The van der Waals surface area contributed by atoms with Crippen LogP contribution in [0, 0.1) is 0 Å². The van der Waals surface area contributed by atoms with Crippen molar-refractivity contribution in [3.63, 3.8) is 0 Å². The topological polar surface area (TPSA) is 44.8 Å². The van der Waals surface area contributed by atoms with Crippen LogP contribution < -0.4 is 4.74 Å². The molecule has 0 aliphatic rings. The molecule has 0 aliphatic heterocycles. The molecule has 0 radical (unpaired) electrons. The number of hydrogen-bond donors (Lipinski definition) is 0. The van der Waals surface area contributed by atoms with Crippen molar-refractivity contribution in [2.45, 2.75) is 26.2 Å². The summed E-state index contributed by atoms with van der Waals surface area (Å²) in [5, 5.41) is 0. The predicted molar refractivity (Wildman–Crippen MR) is 72.9 cm³/mol. The van der Waals surface area contributed by atoms with Gasteiger partial charge in [0.2, 0.25) is 5.76 Å². The molecule has 19 heavy (non-hydrogen) atoms. The summed E-state index contributed by atoms with van der Waals surface area (Å²) in [5.41, 5.74) is 1.13. The van der Waals surface area contributed by atoms with E-state index < -0.39 is 5.97 Å². The Morgan fingerprint density at radius 3 is 2.42 bits per heavy atom. The highest BCUT2D eigenvalue weighted by molar-refractivity contribution is 5.86. The normalized spacial score (nSPS) is 11.9. The molecule has 0 spiro atoms. The Balaban J connectivity index is 2.98. The third-order valence-electron chi connectivity index (χ3n) is 2.54. The van der Waals surface area contributed by atoms with Gasteiger partial charge in [0.15, 0.2) is 0 Å². The van der Waals surface area contributed by atoms with E-state index in [0.717, 1.165) is 5.56 Å². The molecular weight excluding hydrogens is 244 g/mol. The van der Waals surface area contributed by atoms with Gasteiger partial charge in [-0.2, -0.15) is 0 Å². The summed E-state index contributed by atoms with van der Waals surface area (Å²) in [4.78, 5) is 11.5. The third kappa shape index (κ3) is 4.32. The maximum Gasteiger partial charge on any atom is 0.377 e. The lowest BCUT2D eigenvalue weighted by Crippen LogP contribution is -2.13. The summed E-state index contributed by atoms with van der Waals surface area (Å²) in [6.45, 7) is 6.33. The molecule has 1 aromatic carbocycles. The van der Waals surface area contributed by atoms with Crippen molar-refractivity contribution < 1.29 is 19.0 Å². The fourth-order valence-corrected chi connectivity index (χ4v) is 1.47.